The quantitative estimate of drug-likeness (QED) is 0.741. The smallest absolute Gasteiger partial charge is 0.305 e. The number of hydrazine groups is 1. The van der Waals surface area contributed by atoms with Gasteiger partial charge < -0.3 is 4.42 Å². The van der Waals surface area contributed by atoms with Gasteiger partial charge in [0.25, 0.3) is 5.91 Å². The van der Waals surface area contributed by atoms with Crippen LogP contribution in [0.5, 0.6) is 0 Å². The average Bonchev–Trinajstić information content (AvgIpc) is 3.23. The largest absolute Gasteiger partial charge is 0.454 e. The van der Waals surface area contributed by atoms with Crippen LogP contribution in [-0.4, -0.2) is 29.8 Å². The lowest BCUT2D eigenvalue weighted by molar-refractivity contribution is 0.0830. The minimum absolute atomic E-state index is 0.180. The normalized spacial score (nSPS) is 10.9. The molecule has 0 radical (unpaired) electrons. The number of nitrogens with one attached hydrogen (secondary N) is 2. The number of aryl methyl sites for hydroxylation is 2. The molecule has 0 spiro atoms. The summed E-state index contributed by atoms with van der Waals surface area (Å²) in [5.74, 6) is 0.111. The molecule has 6 nitrogen and oxygen atoms in total. The summed E-state index contributed by atoms with van der Waals surface area (Å²) in [6, 6.07) is 5.23. The molecule has 2 heterocycles. The Morgan fingerprint density at radius 1 is 1.12 bits per heavy atom. The van der Waals surface area contributed by atoms with Crippen molar-refractivity contribution in [3.05, 3.63) is 45.0 Å². The topological polar surface area (TPSA) is 74.6 Å². The fourth-order valence-corrected chi connectivity index (χ4v) is 3.48. The fourth-order valence-electron chi connectivity index (χ4n) is 2.47. The molecule has 2 rings (SSSR count). The zero-order chi connectivity index (χ0) is 18.4. The number of carbonyl (C=O) groups is 2. The number of amides is 2. The van der Waals surface area contributed by atoms with Gasteiger partial charge in [0.1, 0.15) is 5.76 Å². The van der Waals surface area contributed by atoms with Gasteiger partial charge in [0.05, 0.1) is 11.4 Å². The van der Waals surface area contributed by atoms with E-state index in [0.717, 1.165) is 30.8 Å². The maximum atomic E-state index is 12.1. The van der Waals surface area contributed by atoms with Crippen molar-refractivity contribution in [1.29, 1.82) is 0 Å². The van der Waals surface area contributed by atoms with Crippen LogP contribution in [-0.2, 0) is 13.0 Å². The summed E-state index contributed by atoms with van der Waals surface area (Å²) in [6.45, 7) is 10.7. The molecule has 0 atom stereocenters. The summed E-state index contributed by atoms with van der Waals surface area (Å²) >= 11 is 1.44. The molecule has 0 saturated carbocycles. The Hall–Kier alpha value is -2.12. The first kappa shape index (κ1) is 19.2. The predicted molar refractivity (Wildman–Crippen MR) is 98.7 cm³/mol. The van der Waals surface area contributed by atoms with E-state index < -0.39 is 5.91 Å². The molecule has 0 fully saturated rings. The summed E-state index contributed by atoms with van der Waals surface area (Å²) < 4.78 is 5.56. The highest BCUT2D eigenvalue weighted by molar-refractivity contribution is 7.14. The number of carbonyl (C=O) groups excluding carboxylic acids is 2. The lowest BCUT2D eigenvalue weighted by atomic mass is 10.2. The molecule has 2 N–H and O–H groups in total. The van der Waals surface area contributed by atoms with Crippen molar-refractivity contribution in [1.82, 2.24) is 15.8 Å². The minimum atomic E-state index is -0.469. The van der Waals surface area contributed by atoms with E-state index in [4.69, 9.17) is 4.42 Å². The highest BCUT2D eigenvalue weighted by Crippen LogP contribution is 2.22. The van der Waals surface area contributed by atoms with E-state index in [1.165, 1.54) is 16.2 Å². The Labute approximate surface area is 152 Å². The van der Waals surface area contributed by atoms with Gasteiger partial charge in [0, 0.05) is 4.88 Å². The predicted octanol–water partition coefficient (Wildman–Crippen LogP) is 3.13. The molecule has 0 aromatic carbocycles. The SMILES string of the molecule is CCc1sc(C(=O)NNC(=O)c2ccc(CN(CC)CC)o2)cc1C. The second kappa shape index (κ2) is 8.82. The van der Waals surface area contributed by atoms with Crippen LogP contribution in [0.25, 0.3) is 0 Å². The molecule has 0 aliphatic rings. The molecular formula is C18H25N3O3S. The summed E-state index contributed by atoms with van der Waals surface area (Å²) in [4.78, 5) is 28.2. The number of hydrogen-bond acceptors (Lipinski definition) is 5. The van der Waals surface area contributed by atoms with Gasteiger partial charge in [-0.3, -0.25) is 25.3 Å². The van der Waals surface area contributed by atoms with Crippen molar-refractivity contribution in [2.45, 2.75) is 40.7 Å². The van der Waals surface area contributed by atoms with Crippen LogP contribution in [0.3, 0.4) is 0 Å². The van der Waals surface area contributed by atoms with Gasteiger partial charge in [-0.1, -0.05) is 20.8 Å². The molecular weight excluding hydrogens is 338 g/mol. The Balaban J connectivity index is 1.91. The van der Waals surface area contributed by atoms with Gasteiger partial charge in [-0.05, 0) is 50.2 Å². The maximum Gasteiger partial charge on any atom is 0.305 e. The second-order valence-corrected chi connectivity index (χ2v) is 6.84. The number of rotatable bonds is 7. The molecule has 0 aliphatic carbocycles. The number of furan rings is 1. The van der Waals surface area contributed by atoms with Crippen molar-refractivity contribution in [3.8, 4) is 0 Å². The second-order valence-electron chi connectivity index (χ2n) is 5.71. The number of nitrogens with zero attached hydrogens (tertiary/aromatic N) is 1. The Bertz CT molecular complexity index is 732. The minimum Gasteiger partial charge on any atom is -0.454 e. The molecule has 0 unspecified atom stereocenters. The average molecular weight is 363 g/mol. The fraction of sp³-hybridized carbons (Fsp3) is 0.444. The van der Waals surface area contributed by atoms with Gasteiger partial charge in [-0.2, -0.15) is 0 Å². The third-order valence-corrected chi connectivity index (χ3v) is 5.39. The lowest BCUT2D eigenvalue weighted by Crippen LogP contribution is -2.41. The summed E-state index contributed by atoms with van der Waals surface area (Å²) in [5.41, 5.74) is 5.93. The van der Waals surface area contributed by atoms with Crippen molar-refractivity contribution in [2.75, 3.05) is 13.1 Å². The zero-order valence-electron chi connectivity index (χ0n) is 15.1. The van der Waals surface area contributed by atoms with Gasteiger partial charge in [0.2, 0.25) is 0 Å². The summed E-state index contributed by atoms with van der Waals surface area (Å²) in [7, 11) is 0. The van der Waals surface area contributed by atoms with Gasteiger partial charge in [-0.25, -0.2) is 0 Å². The molecule has 0 saturated heterocycles. The molecule has 0 bridgehead atoms. The first-order chi connectivity index (χ1) is 12.0. The van der Waals surface area contributed by atoms with Gasteiger partial charge in [0.15, 0.2) is 5.76 Å². The first-order valence-corrected chi connectivity index (χ1v) is 9.31. The van der Waals surface area contributed by atoms with E-state index in [1.807, 2.05) is 13.0 Å². The third-order valence-electron chi connectivity index (χ3n) is 4.01. The Morgan fingerprint density at radius 3 is 2.40 bits per heavy atom. The number of thiophene rings is 1. The van der Waals surface area contributed by atoms with Crippen molar-refractivity contribution >= 4 is 23.2 Å². The van der Waals surface area contributed by atoms with Crippen LogP contribution in [0.2, 0.25) is 0 Å². The van der Waals surface area contributed by atoms with Gasteiger partial charge >= 0.3 is 5.91 Å². The van der Waals surface area contributed by atoms with Crippen LogP contribution in [0.4, 0.5) is 0 Å². The van der Waals surface area contributed by atoms with Crippen molar-refractivity contribution in [3.63, 3.8) is 0 Å². The van der Waals surface area contributed by atoms with Crippen LogP contribution < -0.4 is 10.9 Å². The lowest BCUT2D eigenvalue weighted by Gasteiger charge is -2.15. The zero-order valence-corrected chi connectivity index (χ0v) is 16.0. The molecule has 2 aromatic rings. The maximum absolute atomic E-state index is 12.1. The van der Waals surface area contributed by atoms with Crippen LogP contribution in [0, 0.1) is 6.92 Å². The molecule has 25 heavy (non-hydrogen) atoms. The van der Waals surface area contributed by atoms with E-state index >= 15 is 0 Å². The molecule has 136 valence electrons. The molecule has 0 aliphatic heterocycles. The number of hydrogen-bond donors (Lipinski definition) is 2. The first-order valence-electron chi connectivity index (χ1n) is 8.49. The van der Waals surface area contributed by atoms with E-state index in [0.29, 0.717) is 11.4 Å². The van der Waals surface area contributed by atoms with Crippen LogP contribution >= 0.6 is 11.3 Å². The van der Waals surface area contributed by atoms with Crippen molar-refractivity contribution < 1.29 is 14.0 Å². The van der Waals surface area contributed by atoms with Crippen LogP contribution in [0.1, 0.15) is 57.2 Å². The molecule has 2 aromatic heterocycles. The van der Waals surface area contributed by atoms with Crippen molar-refractivity contribution in [2.24, 2.45) is 0 Å². The van der Waals surface area contributed by atoms with Gasteiger partial charge in [-0.15, -0.1) is 11.3 Å². The monoisotopic (exact) mass is 363 g/mol. The van der Waals surface area contributed by atoms with E-state index in [2.05, 4.69) is 36.5 Å². The highest BCUT2D eigenvalue weighted by Gasteiger charge is 2.15. The Morgan fingerprint density at radius 2 is 1.80 bits per heavy atom. The standard InChI is InChI=1S/C18H25N3O3S/c1-5-15-12(4)10-16(25-15)18(23)20-19-17(22)14-9-8-13(24-14)11-21(6-2)7-3/h8-10H,5-7,11H2,1-4H3,(H,19,22)(H,20,23). The highest BCUT2D eigenvalue weighted by atomic mass is 32.1. The molecule has 7 heteroatoms. The van der Waals surface area contributed by atoms with E-state index in [1.54, 1.807) is 12.1 Å². The van der Waals surface area contributed by atoms with E-state index in [-0.39, 0.29) is 11.7 Å². The van der Waals surface area contributed by atoms with Crippen LogP contribution in [0.15, 0.2) is 22.6 Å². The summed E-state index contributed by atoms with van der Waals surface area (Å²) in [6.07, 6.45) is 0.887. The third kappa shape index (κ3) is 4.93. The summed E-state index contributed by atoms with van der Waals surface area (Å²) in [5, 5.41) is 0. The van der Waals surface area contributed by atoms with E-state index in [9.17, 15) is 9.59 Å². The molecule has 2 amide bonds. The Kier molecular flexibility index (Phi) is 6.78.